The van der Waals surface area contributed by atoms with Crippen molar-refractivity contribution in [1.82, 2.24) is 5.43 Å². The van der Waals surface area contributed by atoms with Crippen molar-refractivity contribution < 1.29 is 9.13 Å². The molecule has 0 saturated carbocycles. The van der Waals surface area contributed by atoms with Crippen LogP contribution in [0.5, 0.6) is 0 Å². The number of rotatable bonds is 5. The number of aryl methyl sites for hydroxylation is 1. The lowest BCUT2D eigenvalue weighted by Crippen LogP contribution is -2.40. The Morgan fingerprint density at radius 1 is 1.29 bits per heavy atom. The summed E-state index contributed by atoms with van der Waals surface area (Å²) in [6, 6.07) is 4.69. The minimum Gasteiger partial charge on any atom is -0.379 e. The highest BCUT2D eigenvalue weighted by atomic mass is 19.1. The third-order valence-electron chi connectivity index (χ3n) is 2.86. The standard InChI is InChI=1S/C13H21FN2O/c1-8(2)13(17-4)12(16-15)10-5-9(3)6-11(14)7-10/h5-8,12-13,16H,15H2,1-4H3. The summed E-state index contributed by atoms with van der Waals surface area (Å²) in [7, 11) is 1.64. The number of hydrogen-bond donors (Lipinski definition) is 2. The zero-order valence-electron chi connectivity index (χ0n) is 10.8. The summed E-state index contributed by atoms with van der Waals surface area (Å²) in [5, 5.41) is 0. The van der Waals surface area contributed by atoms with Gasteiger partial charge in [0.05, 0.1) is 12.1 Å². The number of hydrazine groups is 1. The maximum atomic E-state index is 13.4. The zero-order chi connectivity index (χ0) is 13.0. The highest BCUT2D eigenvalue weighted by molar-refractivity contribution is 5.27. The molecule has 0 amide bonds. The number of nitrogens with two attached hydrogens (primary N) is 1. The molecule has 1 aromatic rings. The molecule has 0 aliphatic rings. The first-order chi connectivity index (χ1) is 7.99. The van der Waals surface area contributed by atoms with Crippen molar-refractivity contribution in [3.8, 4) is 0 Å². The first-order valence-electron chi connectivity index (χ1n) is 5.75. The minimum atomic E-state index is -0.251. The van der Waals surface area contributed by atoms with Crippen molar-refractivity contribution in [1.29, 1.82) is 0 Å². The van der Waals surface area contributed by atoms with E-state index in [4.69, 9.17) is 10.6 Å². The van der Waals surface area contributed by atoms with Crippen LogP contribution in [0.25, 0.3) is 0 Å². The molecule has 4 heteroatoms. The van der Waals surface area contributed by atoms with Gasteiger partial charge >= 0.3 is 0 Å². The van der Waals surface area contributed by atoms with Gasteiger partial charge in [-0.1, -0.05) is 19.9 Å². The lowest BCUT2D eigenvalue weighted by molar-refractivity contribution is 0.0325. The van der Waals surface area contributed by atoms with Gasteiger partial charge < -0.3 is 4.74 Å². The second-order valence-corrected chi connectivity index (χ2v) is 4.65. The highest BCUT2D eigenvalue weighted by Crippen LogP contribution is 2.25. The SMILES string of the molecule is COC(C(C)C)C(NN)c1cc(C)cc(F)c1. The molecule has 0 bridgehead atoms. The van der Waals surface area contributed by atoms with Crippen LogP contribution in [0.4, 0.5) is 4.39 Å². The Hall–Kier alpha value is -0.970. The molecular weight excluding hydrogens is 219 g/mol. The van der Waals surface area contributed by atoms with Gasteiger partial charge in [-0.15, -0.1) is 0 Å². The average molecular weight is 240 g/mol. The molecule has 2 unspecified atom stereocenters. The van der Waals surface area contributed by atoms with Crippen molar-refractivity contribution in [2.45, 2.75) is 32.9 Å². The smallest absolute Gasteiger partial charge is 0.123 e. The van der Waals surface area contributed by atoms with E-state index in [0.29, 0.717) is 0 Å². The Bertz CT molecular complexity index is 348. The topological polar surface area (TPSA) is 47.3 Å². The summed E-state index contributed by atoms with van der Waals surface area (Å²) in [6.07, 6.45) is -0.0961. The number of nitrogens with one attached hydrogen (secondary N) is 1. The van der Waals surface area contributed by atoms with Gasteiger partial charge in [-0.05, 0) is 36.1 Å². The monoisotopic (exact) mass is 240 g/mol. The fraction of sp³-hybridized carbons (Fsp3) is 0.538. The van der Waals surface area contributed by atoms with E-state index >= 15 is 0 Å². The predicted molar refractivity (Wildman–Crippen MR) is 66.8 cm³/mol. The molecule has 0 aliphatic heterocycles. The Balaban J connectivity index is 3.07. The zero-order valence-corrected chi connectivity index (χ0v) is 10.8. The summed E-state index contributed by atoms with van der Waals surface area (Å²) < 4.78 is 18.8. The van der Waals surface area contributed by atoms with Crippen LogP contribution in [0.1, 0.15) is 31.0 Å². The van der Waals surface area contributed by atoms with E-state index in [1.54, 1.807) is 7.11 Å². The van der Waals surface area contributed by atoms with Gasteiger partial charge in [-0.2, -0.15) is 0 Å². The molecule has 96 valence electrons. The predicted octanol–water partition coefficient (Wildman–Crippen LogP) is 2.31. The third kappa shape index (κ3) is 3.49. The molecule has 0 heterocycles. The highest BCUT2D eigenvalue weighted by Gasteiger charge is 2.25. The average Bonchev–Trinajstić information content (AvgIpc) is 2.23. The number of hydrogen-bond acceptors (Lipinski definition) is 3. The molecule has 2 atom stereocenters. The molecule has 1 aromatic carbocycles. The summed E-state index contributed by atoms with van der Waals surface area (Å²) >= 11 is 0. The number of methoxy groups -OCH3 is 1. The molecule has 0 fully saturated rings. The molecule has 3 N–H and O–H groups in total. The molecule has 0 aliphatic carbocycles. The number of halogens is 1. The van der Waals surface area contributed by atoms with Crippen molar-refractivity contribution in [3.05, 3.63) is 35.1 Å². The Labute approximate surface area is 102 Å². The normalized spacial score (nSPS) is 15.0. The second-order valence-electron chi connectivity index (χ2n) is 4.65. The van der Waals surface area contributed by atoms with Gasteiger partial charge in [-0.3, -0.25) is 11.3 Å². The Morgan fingerprint density at radius 3 is 2.35 bits per heavy atom. The molecule has 1 rings (SSSR count). The summed E-state index contributed by atoms with van der Waals surface area (Å²) in [6.45, 7) is 5.95. The fourth-order valence-corrected chi connectivity index (χ4v) is 2.12. The van der Waals surface area contributed by atoms with Crippen LogP contribution < -0.4 is 11.3 Å². The molecule has 0 spiro atoms. The summed E-state index contributed by atoms with van der Waals surface area (Å²) in [5.41, 5.74) is 4.40. The van der Waals surface area contributed by atoms with Crippen LogP contribution in [0.2, 0.25) is 0 Å². The quantitative estimate of drug-likeness (QED) is 0.613. The van der Waals surface area contributed by atoms with Gasteiger partial charge in [0, 0.05) is 7.11 Å². The maximum Gasteiger partial charge on any atom is 0.123 e. The van der Waals surface area contributed by atoms with E-state index in [-0.39, 0.29) is 23.9 Å². The molecular formula is C13H21FN2O. The van der Waals surface area contributed by atoms with Crippen molar-refractivity contribution in [3.63, 3.8) is 0 Å². The lowest BCUT2D eigenvalue weighted by atomic mass is 9.93. The van der Waals surface area contributed by atoms with Crippen molar-refractivity contribution in [2.75, 3.05) is 7.11 Å². The van der Waals surface area contributed by atoms with E-state index in [1.165, 1.54) is 12.1 Å². The van der Waals surface area contributed by atoms with Crippen molar-refractivity contribution in [2.24, 2.45) is 11.8 Å². The minimum absolute atomic E-state index is 0.0961. The lowest BCUT2D eigenvalue weighted by Gasteiger charge is -2.29. The molecule has 0 saturated heterocycles. The first kappa shape index (κ1) is 14.1. The number of ether oxygens (including phenoxy) is 1. The van der Waals surface area contributed by atoms with Gasteiger partial charge in [0.25, 0.3) is 0 Å². The molecule has 0 radical (unpaired) electrons. The van der Waals surface area contributed by atoms with Crippen LogP contribution in [-0.4, -0.2) is 13.2 Å². The van der Waals surface area contributed by atoms with Gasteiger partial charge in [0.2, 0.25) is 0 Å². The van der Waals surface area contributed by atoms with Gasteiger partial charge in [0.1, 0.15) is 5.82 Å². The summed E-state index contributed by atoms with van der Waals surface area (Å²) in [5.74, 6) is 5.60. The van der Waals surface area contributed by atoms with E-state index < -0.39 is 0 Å². The van der Waals surface area contributed by atoms with Crippen LogP contribution >= 0.6 is 0 Å². The van der Waals surface area contributed by atoms with Crippen LogP contribution in [-0.2, 0) is 4.74 Å². The largest absolute Gasteiger partial charge is 0.379 e. The van der Waals surface area contributed by atoms with Crippen molar-refractivity contribution >= 4 is 0 Å². The van der Waals surface area contributed by atoms with Crippen LogP contribution in [0.3, 0.4) is 0 Å². The molecule has 0 aromatic heterocycles. The molecule has 3 nitrogen and oxygen atoms in total. The van der Waals surface area contributed by atoms with E-state index in [9.17, 15) is 4.39 Å². The Morgan fingerprint density at radius 2 is 1.94 bits per heavy atom. The maximum absolute atomic E-state index is 13.4. The second kappa shape index (κ2) is 6.10. The van der Waals surface area contributed by atoms with Crippen LogP contribution in [0.15, 0.2) is 18.2 Å². The third-order valence-corrected chi connectivity index (χ3v) is 2.86. The van der Waals surface area contributed by atoms with E-state index in [2.05, 4.69) is 5.43 Å². The first-order valence-corrected chi connectivity index (χ1v) is 5.75. The van der Waals surface area contributed by atoms with E-state index in [0.717, 1.165) is 11.1 Å². The number of benzene rings is 1. The molecule has 17 heavy (non-hydrogen) atoms. The van der Waals surface area contributed by atoms with Gasteiger partial charge in [0.15, 0.2) is 0 Å². The van der Waals surface area contributed by atoms with Gasteiger partial charge in [-0.25, -0.2) is 4.39 Å². The Kier molecular flexibility index (Phi) is 5.05. The van der Waals surface area contributed by atoms with Crippen LogP contribution in [0, 0.1) is 18.7 Å². The van der Waals surface area contributed by atoms with E-state index in [1.807, 2.05) is 26.8 Å². The summed E-state index contributed by atoms with van der Waals surface area (Å²) in [4.78, 5) is 0. The fourth-order valence-electron chi connectivity index (χ4n) is 2.12.